The number of rotatable bonds is 4. The first-order chi connectivity index (χ1) is 10.3. The second-order valence-corrected chi connectivity index (χ2v) is 8.04. The van der Waals surface area contributed by atoms with Crippen molar-refractivity contribution in [3.63, 3.8) is 0 Å². The lowest BCUT2D eigenvalue weighted by atomic mass is 9.95. The van der Waals surface area contributed by atoms with Gasteiger partial charge in [0.2, 0.25) is 5.91 Å². The zero-order chi connectivity index (χ0) is 16.2. The van der Waals surface area contributed by atoms with Crippen LogP contribution >= 0.6 is 0 Å². The van der Waals surface area contributed by atoms with Crippen LogP contribution in [0.3, 0.4) is 0 Å². The van der Waals surface area contributed by atoms with Gasteiger partial charge in [0.05, 0.1) is 5.25 Å². The molecule has 1 fully saturated rings. The first-order valence-corrected chi connectivity index (χ1v) is 9.23. The largest absolute Gasteiger partial charge is 0.350 e. The van der Waals surface area contributed by atoms with Crippen molar-refractivity contribution in [3.8, 4) is 0 Å². The molecule has 0 saturated heterocycles. The number of nitrogens with one attached hydrogen (secondary N) is 1. The van der Waals surface area contributed by atoms with Gasteiger partial charge in [-0.05, 0) is 43.0 Å². The minimum absolute atomic E-state index is 0.127. The Morgan fingerprint density at radius 3 is 2.82 bits per heavy atom. The van der Waals surface area contributed by atoms with Crippen molar-refractivity contribution >= 4 is 21.8 Å². The average molecular weight is 325 g/mol. The summed E-state index contributed by atoms with van der Waals surface area (Å²) in [6.07, 6.45) is 6.81. The van der Waals surface area contributed by atoms with E-state index in [1.807, 2.05) is 0 Å². The molecule has 2 rings (SSSR count). The molecule has 0 bridgehead atoms. The molecule has 0 aromatic heterocycles. The minimum atomic E-state index is -3.07. The molecule has 4 nitrogen and oxygen atoms in total. The van der Waals surface area contributed by atoms with Crippen LogP contribution in [-0.2, 0) is 14.6 Å². The van der Waals surface area contributed by atoms with E-state index in [-0.39, 0.29) is 23.0 Å². The first-order valence-electron chi connectivity index (χ1n) is 7.27. The van der Waals surface area contributed by atoms with Crippen LogP contribution in [0.15, 0.2) is 30.3 Å². The second-order valence-electron chi connectivity index (χ2n) is 5.71. The van der Waals surface area contributed by atoms with E-state index in [0.717, 1.165) is 12.8 Å². The molecule has 2 atom stereocenters. The highest BCUT2D eigenvalue weighted by Crippen LogP contribution is 2.23. The molecule has 2 unspecified atom stereocenters. The number of amides is 1. The number of hydrogen-bond donors (Lipinski definition) is 1. The monoisotopic (exact) mass is 325 g/mol. The molecule has 6 heteroatoms. The van der Waals surface area contributed by atoms with Crippen molar-refractivity contribution in [2.24, 2.45) is 0 Å². The second kappa shape index (κ2) is 7.05. The Balaban J connectivity index is 1.92. The maximum Gasteiger partial charge on any atom is 0.244 e. The molecule has 1 saturated carbocycles. The number of carbonyl (C=O) groups excluding carboxylic acids is 1. The van der Waals surface area contributed by atoms with Crippen molar-refractivity contribution in [1.29, 1.82) is 0 Å². The summed E-state index contributed by atoms with van der Waals surface area (Å²) in [6, 6.07) is 5.82. The number of halogens is 1. The van der Waals surface area contributed by atoms with E-state index < -0.39 is 9.84 Å². The smallest absolute Gasteiger partial charge is 0.244 e. The topological polar surface area (TPSA) is 63.2 Å². The van der Waals surface area contributed by atoms with Crippen molar-refractivity contribution in [1.82, 2.24) is 5.32 Å². The van der Waals surface area contributed by atoms with Crippen LogP contribution in [-0.4, -0.2) is 31.9 Å². The number of hydrogen-bond acceptors (Lipinski definition) is 3. The molecule has 1 aliphatic rings. The lowest BCUT2D eigenvalue weighted by Gasteiger charge is -2.28. The van der Waals surface area contributed by atoms with Crippen LogP contribution in [0, 0.1) is 5.82 Å². The van der Waals surface area contributed by atoms with Crippen LogP contribution in [0.5, 0.6) is 0 Å². The van der Waals surface area contributed by atoms with E-state index in [1.165, 1.54) is 30.5 Å². The molecule has 1 N–H and O–H groups in total. The zero-order valence-electron chi connectivity index (χ0n) is 12.5. The third-order valence-corrected chi connectivity index (χ3v) is 5.49. The highest BCUT2D eigenvalue weighted by molar-refractivity contribution is 7.91. The summed E-state index contributed by atoms with van der Waals surface area (Å²) < 4.78 is 36.2. The van der Waals surface area contributed by atoms with Crippen LogP contribution in [0.4, 0.5) is 4.39 Å². The molecule has 1 amide bonds. The number of carbonyl (C=O) groups is 1. The van der Waals surface area contributed by atoms with E-state index in [2.05, 4.69) is 5.32 Å². The summed E-state index contributed by atoms with van der Waals surface area (Å²) in [5.74, 6) is -0.644. The summed E-state index contributed by atoms with van der Waals surface area (Å²) in [7, 11) is -3.07. The van der Waals surface area contributed by atoms with E-state index in [1.54, 1.807) is 12.1 Å². The van der Waals surface area contributed by atoms with Gasteiger partial charge in [0.1, 0.15) is 15.7 Å². The molecule has 1 aromatic carbocycles. The van der Waals surface area contributed by atoms with Crippen LogP contribution in [0.2, 0.25) is 0 Å². The molecule has 0 aliphatic heterocycles. The van der Waals surface area contributed by atoms with Gasteiger partial charge < -0.3 is 5.32 Å². The van der Waals surface area contributed by atoms with Gasteiger partial charge in [-0.1, -0.05) is 18.6 Å². The SMILES string of the molecule is CS(=O)(=O)C1CCCC(NC(=O)C=Cc2cccc(F)c2)C1. The normalized spacial score (nSPS) is 22.6. The predicted molar refractivity (Wildman–Crippen MR) is 84.5 cm³/mol. The molecule has 1 aromatic rings. The van der Waals surface area contributed by atoms with Crippen molar-refractivity contribution < 1.29 is 17.6 Å². The summed E-state index contributed by atoms with van der Waals surface area (Å²) >= 11 is 0. The highest BCUT2D eigenvalue weighted by atomic mass is 32.2. The predicted octanol–water partition coefficient (Wildman–Crippen LogP) is 2.31. The van der Waals surface area contributed by atoms with Gasteiger partial charge in [0, 0.05) is 18.4 Å². The van der Waals surface area contributed by atoms with Crippen molar-refractivity contribution in [2.45, 2.75) is 37.0 Å². The lowest BCUT2D eigenvalue weighted by molar-refractivity contribution is -0.117. The summed E-state index contributed by atoms with van der Waals surface area (Å²) in [5, 5.41) is 2.45. The van der Waals surface area contributed by atoms with Crippen molar-refractivity contribution in [2.75, 3.05) is 6.26 Å². The standard InChI is InChI=1S/C16H20FNO3S/c1-22(20,21)15-7-3-6-14(11-15)18-16(19)9-8-12-4-2-5-13(17)10-12/h2,4-5,8-10,14-15H,3,6-7,11H2,1H3,(H,18,19). The van der Waals surface area contributed by atoms with E-state index in [9.17, 15) is 17.6 Å². The van der Waals surface area contributed by atoms with Crippen LogP contribution in [0.1, 0.15) is 31.2 Å². The van der Waals surface area contributed by atoms with E-state index in [4.69, 9.17) is 0 Å². The Kier molecular flexibility index (Phi) is 5.34. The molecule has 22 heavy (non-hydrogen) atoms. The Morgan fingerprint density at radius 1 is 1.36 bits per heavy atom. The molecule has 120 valence electrons. The Labute approximate surface area is 130 Å². The molecule has 0 radical (unpaired) electrons. The van der Waals surface area contributed by atoms with Gasteiger partial charge in [0.15, 0.2) is 0 Å². The molecule has 0 spiro atoms. The van der Waals surface area contributed by atoms with Crippen molar-refractivity contribution in [3.05, 3.63) is 41.7 Å². The fourth-order valence-electron chi connectivity index (χ4n) is 2.70. The minimum Gasteiger partial charge on any atom is -0.350 e. The van der Waals surface area contributed by atoms with E-state index in [0.29, 0.717) is 18.4 Å². The quantitative estimate of drug-likeness (QED) is 0.864. The molecular formula is C16H20FNO3S. The van der Waals surface area contributed by atoms with E-state index >= 15 is 0 Å². The maximum atomic E-state index is 13.0. The Bertz CT molecular complexity index is 670. The highest BCUT2D eigenvalue weighted by Gasteiger charge is 2.29. The van der Waals surface area contributed by atoms with Gasteiger partial charge in [-0.2, -0.15) is 0 Å². The number of benzene rings is 1. The summed E-state index contributed by atoms with van der Waals surface area (Å²) in [4.78, 5) is 11.9. The summed E-state index contributed by atoms with van der Waals surface area (Å²) in [5.41, 5.74) is 0.604. The average Bonchev–Trinajstić information content (AvgIpc) is 2.45. The molecule has 0 heterocycles. The molecular weight excluding hydrogens is 305 g/mol. The van der Waals surface area contributed by atoms with Gasteiger partial charge in [-0.25, -0.2) is 12.8 Å². The van der Waals surface area contributed by atoms with Gasteiger partial charge >= 0.3 is 0 Å². The van der Waals surface area contributed by atoms with Gasteiger partial charge in [0.25, 0.3) is 0 Å². The van der Waals surface area contributed by atoms with Crippen LogP contribution < -0.4 is 5.32 Å². The maximum absolute atomic E-state index is 13.0. The first kappa shape index (κ1) is 16.7. The third-order valence-electron chi connectivity index (χ3n) is 3.85. The summed E-state index contributed by atoms with van der Waals surface area (Å²) in [6.45, 7) is 0. The van der Waals surface area contributed by atoms with Gasteiger partial charge in [-0.3, -0.25) is 4.79 Å². The third kappa shape index (κ3) is 4.94. The molecule has 1 aliphatic carbocycles. The number of sulfone groups is 1. The van der Waals surface area contributed by atoms with Crippen LogP contribution in [0.25, 0.3) is 6.08 Å². The zero-order valence-corrected chi connectivity index (χ0v) is 13.3. The fourth-order valence-corrected chi connectivity index (χ4v) is 3.87. The Hall–Kier alpha value is -1.69. The Morgan fingerprint density at radius 2 is 2.14 bits per heavy atom. The lowest BCUT2D eigenvalue weighted by Crippen LogP contribution is -2.41. The van der Waals surface area contributed by atoms with Gasteiger partial charge in [-0.15, -0.1) is 0 Å². The fraction of sp³-hybridized carbons (Fsp3) is 0.438.